The second-order valence-electron chi connectivity index (χ2n) is 0.500. The molecule has 0 atom stereocenters. The van der Waals surface area contributed by atoms with Crippen LogP contribution in [0.15, 0.2) is 0 Å². The summed E-state index contributed by atoms with van der Waals surface area (Å²) >= 11 is 0.0833. The molecule has 2 heteroatoms. The molecule has 0 spiro atoms. The van der Waals surface area contributed by atoms with E-state index in [1.54, 1.807) is 0 Å². The van der Waals surface area contributed by atoms with Crippen LogP contribution in [0.4, 0.5) is 0 Å². The van der Waals surface area contributed by atoms with Crippen molar-refractivity contribution in [1.82, 2.24) is 0 Å². The summed E-state index contributed by atoms with van der Waals surface area (Å²) < 4.78 is 4.64. The molecule has 0 aliphatic rings. The first-order valence-corrected chi connectivity index (χ1v) is 8.77. The van der Waals surface area contributed by atoms with Crippen LogP contribution in [-0.2, 0) is 0 Å². The Bertz CT molecular complexity index is 6.00. The van der Waals surface area contributed by atoms with Gasteiger partial charge in [-0.25, -0.2) is 0 Å². The fourth-order valence-electron chi connectivity index (χ4n) is 0. The average molecular weight is 255 g/mol. The van der Waals surface area contributed by atoms with Gasteiger partial charge >= 0.3 is 33.2 Å². The zero-order chi connectivity index (χ0) is 2.71. The van der Waals surface area contributed by atoms with Crippen LogP contribution < -0.4 is 0 Å². The Labute approximate surface area is 38.9 Å². The Kier molecular flexibility index (Phi) is 20.2. The predicted molar refractivity (Wildman–Crippen MR) is 21.1 cm³/mol. The summed E-state index contributed by atoms with van der Waals surface area (Å²) in [5.41, 5.74) is 0. The van der Waals surface area contributed by atoms with Crippen LogP contribution in [0, 0.1) is 0 Å². The fraction of sp³-hybridized carbons (Fsp3) is 1.00. The van der Waals surface area contributed by atoms with E-state index in [9.17, 15) is 0 Å². The third-order valence-corrected chi connectivity index (χ3v) is 0. The molecule has 0 aromatic heterocycles. The van der Waals surface area contributed by atoms with Crippen molar-refractivity contribution in [3.8, 4) is 0 Å². The maximum atomic E-state index is 2.32. The molecule has 0 saturated heterocycles. The Morgan fingerprint density at radius 1 is 1.25 bits per heavy atom. The van der Waals surface area contributed by atoms with Crippen molar-refractivity contribution >= 4 is 24.2 Å². The van der Waals surface area contributed by atoms with Gasteiger partial charge in [-0.15, -0.1) is 0 Å². The average Bonchev–Trinajstić information content (AvgIpc) is 0.918. The van der Waals surface area contributed by atoms with Crippen LogP contribution >= 0.6 is 0 Å². The van der Waals surface area contributed by atoms with Gasteiger partial charge in [0.25, 0.3) is 0 Å². The first-order chi connectivity index (χ1) is 1.41. The van der Waals surface area contributed by atoms with Gasteiger partial charge in [0.05, 0.1) is 0 Å². The van der Waals surface area contributed by atoms with Gasteiger partial charge in [0.2, 0.25) is 0 Å². The van der Waals surface area contributed by atoms with E-state index in [2.05, 4.69) is 8.97 Å². The van der Waals surface area contributed by atoms with E-state index in [4.69, 9.17) is 0 Å². The molecule has 0 amide bonds. The fourth-order valence-corrected chi connectivity index (χ4v) is 0. The Balaban J connectivity index is 0. The second kappa shape index (κ2) is 9.10. The molecule has 0 aliphatic carbocycles. The molecule has 0 rings (SSSR count). The number of rotatable bonds is 0. The van der Waals surface area contributed by atoms with Gasteiger partial charge in [0.15, 0.2) is 0 Å². The molecule has 1 nitrogen and oxygen atoms in total. The molecule has 0 bridgehead atoms. The normalized spacial score (nSPS) is 4.50. The standard InChI is InChI=1S/2CH3.H2O.Pb/h2*1H3;1H2;. The first-order valence-electron chi connectivity index (χ1n) is 1.00. The molecule has 26 valence electrons. The second-order valence-corrected chi connectivity index (χ2v) is 4.39. The third-order valence-electron chi connectivity index (χ3n) is 0. The number of hydrogen-bond acceptors (Lipinski definition) is 0. The van der Waals surface area contributed by atoms with Crippen LogP contribution in [0.2, 0.25) is 8.97 Å². The topological polar surface area (TPSA) is 31.5 Å². The van der Waals surface area contributed by atoms with Gasteiger partial charge in [-0.05, 0) is 0 Å². The summed E-state index contributed by atoms with van der Waals surface area (Å²) in [5.74, 6) is 0. The predicted octanol–water partition coefficient (Wildman–Crippen LogP) is -0.0379. The summed E-state index contributed by atoms with van der Waals surface area (Å²) in [6.07, 6.45) is 0. The van der Waals surface area contributed by atoms with E-state index in [0.717, 1.165) is 0 Å². The quantitative estimate of drug-likeness (QED) is 0.544. The molecule has 0 aromatic rings. The molecular weight excluding hydrogens is 247 g/mol. The van der Waals surface area contributed by atoms with Gasteiger partial charge in [0.1, 0.15) is 0 Å². The van der Waals surface area contributed by atoms with Crippen LogP contribution in [0.25, 0.3) is 0 Å². The summed E-state index contributed by atoms with van der Waals surface area (Å²) in [5, 5.41) is 0. The Morgan fingerprint density at radius 2 is 1.25 bits per heavy atom. The SMILES string of the molecule is O.[CH3][Pb][CH3]. The summed E-state index contributed by atoms with van der Waals surface area (Å²) in [6, 6.07) is 0. The van der Waals surface area contributed by atoms with Crippen LogP contribution in [0.1, 0.15) is 0 Å². The summed E-state index contributed by atoms with van der Waals surface area (Å²) in [6.45, 7) is 0. The van der Waals surface area contributed by atoms with Crippen molar-refractivity contribution in [1.29, 1.82) is 0 Å². The monoisotopic (exact) mass is 256 g/mol. The van der Waals surface area contributed by atoms with Crippen molar-refractivity contribution in [2.75, 3.05) is 0 Å². The first kappa shape index (κ1) is 8.86. The molecule has 4 heavy (non-hydrogen) atoms. The third kappa shape index (κ3) is 13.1. The minimum absolute atomic E-state index is 0. The van der Waals surface area contributed by atoms with Crippen LogP contribution in [0.5, 0.6) is 0 Å². The van der Waals surface area contributed by atoms with Crippen molar-refractivity contribution in [3.05, 3.63) is 0 Å². The van der Waals surface area contributed by atoms with Crippen LogP contribution in [0.3, 0.4) is 0 Å². The van der Waals surface area contributed by atoms with Crippen molar-refractivity contribution in [2.24, 2.45) is 0 Å². The van der Waals surface area contributed by atoms with Crippen molar-refractivity contribution in [3.63, 3.8) is 0 Å². The molecule has 0 saturated carbocycles. The van der Waals surface area contributed by atoms with Gasteiger partial charge in [0, 0.05) is 0 Å². The molecular formula is C2H8OPb. The molecule has 0 aromatic carbocycles. The van der Waals surface area contributed by atoms with E-state index in [1.807, 2.05) is 0 Å². The molecule has 0 fully saturated rings. The van der Waals surface area contributed by atoms with E-state index in [1.165, 1.54) is 0 Å². The molecule has 0 heterocycles. The van der Waals surface area contributed by atoms with Gasteiger partial charge in [-0.2, -0.15) is 0 Å². The molecule has 0 unspecified atom stereocenters. The molecule has 2 radical (unpaired) electrons. The number of hydrogen-bond donors (Lipinski definition) is 0. The van der Waals surface area contributed by atoms with E-state index >= 15 is 0 Å². The van der Waals surface area contributed by atoms with Gasteiger partial charge in [-0.3, -0.25) is 0 Å². The minimum atomic E-state index is 0. The molecule has 0 aliphatic heterocycles. The summed E-state index contributed by atoms with van der Waals surface area (Å²) in [7, 11) is 0. The Morgan fingerprint density at radius 3 is 1.25 bits per heavy atom. The van der Waals surface area contributed by atoms with Crippen molar-refractivity contribution < 1.29 is 5.48 Å². The van der Waals surface area contributed by atoms with Gasteiger partial charge < -0.3 is 5.48 Å². The van der Waals surface area contributed by atoms with Crippen LogP contribution in [-0.4, -0.2) is 29.7 Å². The van der Waals surface area contributed by atoms with Crippen molar-refractivity contribution in [2.45, 2.75) is 8.97 Å². The van der Waals surface area contributed by atoms with E-state index < -0.39 is 0 Å². The zero-order valence-electron chi connectivity index (χ0n) is 3.00. The summed E-state index contributed by atoms with van der Waals surface area (Å²) in [4.78, 5) is 0. The van der Waals surface area contributed by atoms with Gasteiger partial charge in [-0.1, -0.05) is 0 Å². The molecule has 2 N–H and O–H groups in total. The van der Waals surface area contributed by atoms with E-state index in [0.29, 0.717) is 0 Å². The van der Waals surface area contributed by atoms with E-state index in [-0.39, 0.29) is 29.7 Å². The Hall–Kier alpha value is 0.882. The maximum absolute atomic E-state index is 2.32. The zero-order valence-corrected chi connectivity index (χ0v) is 6.89.